The third kappa shape index (κ3) is 4.98. The van der Waals surface area contributed by atoms with Crippen LogP contribution in [0.2, 0.25) is 0 Å². The van der Waals surface area contributed by atoms with Gasteiger partial charge in [-0.15, -0.1) is 0 Å². The molecule has 1 unspecified atom stereocenters. The summed E-state index contributed by atoms with van der Waals surface area (Å²) >= 11 is 0. The molecule has 9 nitrogen and oxygen atoms in total. The number of piperidine rings is 2. The molecular weight excluding hydrogens is 591 g/mol. The van der Waals surface area contributed by atoms with E-state index in [0.29, 0.717) is 5.92 Å². The molecule has 4 fully saturated rings. The van der Waals surface area contributed by atoms with Crippen molar-refractivity contribution in [2.75, 3.05) is 0 Å². The summed E-state index contributed by atoms with van der Waals surface area (Å²) in [6.45, 7) is 16.2. The molecule has 4 aliphatic heterocycles. The lowest BCUT2D eigenvalue weighted by Crippen LogP contribution is -2.54. The number of amides is 1. The molecule has 9 rings (SSSR count). The fourth-order valence-electron chi connectivity index (χ4n) is 7.93. The van der Waals surface area contributed by atoms with Crippen LogP contribution < -0.4 is 10.2 Å². The molecule has 1 N–H and O–H groups in total. The van der Waals surface area contributed by atoms with Crippen molar-refractivity contribution in [3.05, 3.63) is 54.5 Å². The summed E-state index contributed by atoms with van der Waals surface area (Å²) in [5, 5.41) is 1.12. The molecule has 2 aromatic heterocycles. The maximum Gasteiger partial charge on any atom is 0.494 e. The van der Waals surface area contributed by atoms with E-state index in [9.17, 15) is 4.79 Å². The Kier molecular flexibility index (Phi) is 6.75. The average molecular weight is 637 g/mol. The third-order valence-electron chi connectivity index (χ3n) is 11.0. The average Bonchev–Trinajstić information content (AvgIpc) is 3.70. The lowest BCUT2D eigenvalue weighted by molar-refractivity contribution is -0.0439. The van der Waals surface area contributed by atoms with E-state index in [1.54, 1.807) is 0 Å². The van der Waals surface area contributed by atoms with E-state index in [-0.39, 0.29) is 24.4 Å². The number of H-pyrrole nitrogens is 1. The fourth-order valence-corrected chi connectivity index (χ4v) is 7.93. The first-order valence-electron chi connectivity index (χ1n) is 17.1. The number of ether oxygens (including phenoxy) is 2. The monoisotopic (exact) mass is 636 g/mol. The van der Waals surface area contributed by atoms with Crippen LogP contribution in [-0.4, -0.2) is 55.5 Å². The molecule has 0 radical (unpaired) electrons. The predicted octanol–water partition coefficient (Wildman–Crippen LogP) is 7.76. The van der Waals surface area contributed by atoms with E-state index in [2.05, 4.69) is 86.6 Å². The van der Waals surface area contributed by atoms with Gasteiger partial charge in [-0.2, -0.15) is 0 Å². The molecule has 3 saturated heterocycles. The molecule has 47 heavy (non-hydrogen) atoms. The number of hydrogen-bond donors (Lipinski definition) is 1. The van der Waals surface area contributed by atoms with Crippen molar-refractivity contribution in [3.8, 4) is 28.3 Å². The number of imidazole rings is 1. The van der Waals surface area contributed by atoms with Crippen molar-refractivity contribution >= 4 is 29.6 Å². The largest absolute Gasteiger partial charge is 0.494 e. The van der Waals surface area contributed by atoms with E-state index >= 15 is 0 Å². The molecule has 2 atom stereocenters. The third-order valence-corrected chi connectivity index (χ3v) is 11.0. The second kappa shape index (κ2) is 10.4. The van der Waals surface area contributed by atoms with E-state index in [0.717, 1.165) is 76.1 Å². The van der Waals surface area contributed by atoms with Crippen LogP contribution in [0.4, 0.5) is 4.79 Å². The summed E-state index contributed by atoms with van der Waals surface area (Å²) in [6, 6.07) is 15.1. The van der Waals surface area contributed by atoms with Crippen LogP contribution in [-0.2, 0) is 14.0 Å². The van der Waals surface area contributed by atoms with Crippen molar-refractivity contribution in [2.45, 2.75) is 116 Å². The molecule has 0 spiro atoms. The van der Waals surface area contributed by atoms with E-state index in [1.807, 2.05) is 31.9 Å². The fraction of sp³-hybridized carbons (Fsp3) is 0.514. The van der Waals surface area contributed by atoms with Crippen molar-refractivity contribution in [1.82, 2.24) is 19.4 Å². The number of carbonyl (C=O) groups is 1. The van der Waals surface area contributed by atoms with Gasteiger partial charge in [0.05, 0.1) is 40.3 Å². The highest BCUT2D eigenvalue weighted by Gasteiger charge is 2.52. The van der Waals surface area contributed by atoms with Gasteiger partial charge in [0.15, 0.2) is 6.23 Å². The Hall–Kier alpha value is -3.76. The first kappa shape index (κ1) is 30.6. The number of aromatic amines is 1. The molecule has 246 valence electrons. The van der Waals surface area contributed by atoms with Gasteiger partial charge < -0.3 is 28.3 Å². The number of nitrogens with one attached hydrogen (secondary N) is 1. The topological polar surface area (TPSA) is 90.8 Å². The summed E-state index contributed by atoms with van der Waals surface area (Å²) in [4.78, 5) is 23.8. The molecular formula is C37H45BN4O5. The minimum Gasteiger partial charge on any atom is -0.470 e. The normalized spacial score (nSPS) is 25.9. The van der Waals surface area contributed by atoms with Crippen LogP contribution in [0.15, 0.2) is 48.7 Å². The second-order valence-corrected chi connectivity index (χ2v) is 15.8. The summed E-state index contributed by atoms with van der Waals surface area (Å²) in [5.74, 6) is 2.02. The van der Waals surface area contributed by atoms with Crippen LogP contribution >= 0.6 is 0 Å². The van der Waals surface area contributed by atoms with Gasteiger partial charge in [-0.1, -0.05) is 18.2 Å². The van der Waals surface area contributed by atoms with Crippen molar-refractivity contribution < 1.29 is 23.6 Å². The zero-order valence-electron chi connectivity index (χ0n) is 28.7. The number of nitrogens with zero attached hydrogens (tertiary/aromatic N) is 3. The Balaban J connectivity index is 1.09. The second-order valence-electron chi connectivity index (χ2n) is 15.8. The van der Waals surface area contributed by atoms with E-state index in [1.165, 1.54) is 0 Å². The molecule has 1 amide bonds. The smallest absolute Gasteiger partial charge is 0.470 e. The van der Waals surface area contributed by atoms with Crippen molar-refractivity contribution in [1.29, 1.82) is 0 Å². The standard InChI is InChI=1S/C37H45BN4O5/c1-21-41-29-16-12-25(38-46-36(5,6)37(7,8)47-38)17-24(29)18-30(41)27-15-11-23(19-31(27)44-21)28-20-39-33(40-28)32-22-9-13-26(14-10-22)42(32)34(43)45-35(2,3)4/h11-12,15-22,26,32H,9-10,13-14H2,1-8H3,(H,39,40)/t21?,22?,26?,32-/m0/s1. The van der Waals surface area contributed by atoms with Gasteiger partial charge in [0, 0.05) is 22.6 Å². The highest BCUT2D eigenvalue weighted by molar-refractivity contribution is 6.62. The summed E-state index contributed by atoms with van der Waals surface area (Å²) in [7, 11) is -0.413. The number of aromatic nitrogens is 3. The zero-order valence-corrected chi connectivity index (χ0v) is 28.7. The van der Waals surface area contributed by atoms with E-state index < -0.39 is 23.9 Å². The minimum atomic E-state index is -0.548. The van der Waals surface area contributed by atoms with Crippen LogP contribution in [0.1, 0.15) is 99.2 Å². The lowest BCUT2D eigenvalue weighted by Gasteiger charge is -2.50. The van der Waals surface area contributed by atoms with Gasteiger partial charge in [0.25, 0.3) is 0 Å². The van der Waals surface area contributed by atoms with Gasteiger partial charge in [-0.05, 0) is 117 Å². The van der Waals surface area contributed by atoms with Crippen LogP contribution in [0.3, 0.4) is 0 Å². The molecule has 2 bridgehead atoms. The molecule has 2 aromatic carbocycles. The summed E-state index contributed by atoms with van der Waals surface area (Å²) in [6.07, 6.45) is 5.68. The highest BCUT2D eigenvalue weighted by atomic mass is 16.7. The highest BCUT2D eigenvalue weighted by Crippen LogP contribution is 2.48. The van der Waals surface area contributed by atoms with Gasteiger partial charge in [-0.3, -0.25) is 4.90 Å². The quantitative estimate of drug-likeness (QED) is 0.231. The van der Waals surface area contributed by atoms with Gasteiger partial charge in [0.1, 0.15) is 17.2 Å². The Bertz CT molecular complexity index is 1860. The summed E-state index contributed by atoms with van der Waals surface area (Å²) in [5.41, 5.74) is 4.84. The van der Waals surface area contributed by atoms with Crippen molar-refractivity contribution in [3.63, 3.8) is 0 Å². The predicted molar refractivity (Wildman–Crippen MR) is 183 cm³/mol. The van der Waals surface area contributed by atoms with Gasteiger partial charge >= 0.3 is 13.2 Å². The molecule has 6 heterocycles. The summed E-state index contributed by atoms with van der Waals surface area (Å²) < 4.78 is 27.3. The zero-order chi connectivity index (χ0) is 33.0. The Morgan fingerprint density at radius 1 is 1.00 bits per heavy atom. The number of fused-ring (bicyclic) bond motifs is 8. The number of benzene rings is 2. The van der Waals surface area contributed by atoms with Crippen LogP contribution in [0, 0.1) is 5.92 Å². The Morgan fingerprint density at radius 2 is 1.72 bits per heavy atom. The van der Waals surface area contributed by atoms with E-state index in [4.69, 9.17) is 23.8 Å². The SMILES string of the molecule is CC1Oc2cc(-c3cnc([C@@H]4C5CCC(CC5)N4C(=O)OC(C)(C)C)[nH]3)ccc2-c2cc3cc(B4OC(C)(C)C(C)(C)O4)ccc3n21. The van der Waals surface area contributed by atoms with Crippen molar-refractivity contribution in [2.24, 2.45) is 5.92 Å². The minimum absolute atomic E-state index is 0.113. The molecule has 1 saturated carbocycles. The van der Waals surface area contributed by atoms with Gasteiger partial charge in [-0.25, -0.2) is 9.78 Å². The molecule has 5 aliphatic rings. The maximum atomic E-state index is 13.4. The Morgan fingerprint density at radius 3 is 2.43 bits per heavy atom. The Labute approximate surface area is 277 Å². The number of carbonyl (C=O) groups excluding carboxylic acids is 1. The number of rotatable bonds is 3. The van der Waals surface area contributed by atoms with Crippen LogP contribution in [0.5, 0.6) is 5.75 Å². The molecule has 4 aromatic rings. The van der Waals surface area contributed by atoms with Crippen LogP contribution in [0.25, 0.3) is 33.4 Å². The first-order valence-corrected chi connectivity index (χ1v) is 17.1. The number of hydrogen-bond acceptors (Lipinski definition) is 6. The molecule has 10 heteroatoms. The van der Waals surface area contributed by atoms with Gasteiger partial charge in [0.2, 0.25) is 0 Å². The lowest BCUT2D eigenvalue weighted by atomic mass is 9.74. The maximum absolute atomic E-state index is 13.4. The molecule has 1 aliphatic carbocycles. The first-order chi connectivity index (χ1) is 22.2.